The van der Waals surface area contributed by atoms with Crippen molar-refractivity contribution >= 4 is 5.69 Å². The highest BCUT2D eigenvalue weighted by Gasteiger charge is 2.03. The molecule has 0 saturated heterocycles. The fourth-order valence-electron chi connectivity index (χ4n) is 1.82. The highest BCUT2D eigenvalue weighted by molar-refractivity contribution is 5.61. The molecule has 0 aliphatic carbocycles. The maximum atomic E-state index is 4.13. The molecule has 7 heteroatoms. The zero-order chi connectivity index (χ0) is 13.1. The van der Waals surface area contributed by atoms with Gasteiger partial charge >= 0.3 is 0 Å². The van der Waals surface area contributed by atoms with Crippen LogP contribution in [0.15, 0.2) is 36.7 Å². The number of benzene rings is 1. The third-order valence-corrected chi connectivity index (χ3v) is 2.72. The molecule has 0 radical (unpaired) electrons. The summed E-state index contributed by atoms with van der Waals surface area (Å²) in [6.07, 6.45) is 3.83. The van der Waals surface area contributed by atoms with E-state index in [1.54, 1.807) is 4.68 Å². The van der Waals surface area contributed by atoms with Gasteiger partial charge in [0.25, 0.3) is 0 Å². The molecule has 0 unspecified atom stereocenters. The van der Waals surface area contributed by atoms with Crippen LogP contribution >= 0.6 is 0 Å². The molecular formula is C12H13N7. The Kier molecular flexibility index (Phi) is 2.93. The average molecular weight is 255 g/mol. The van der Waals surface area contributed by atoms with E-state index in [-0.39, 0.29) is 0 Å². The smallest absolute Gasteiger partial charge is 0.204 e. The normalized spacial score (nSPS) is 10.6. The van der Waals surface area contributed by atoms with E-state index in [9.17, 15) is 0 Å². The monoisotopic (exact) mass is 255 g/mol. The molecule has 0 saturated carbocycles. The van der Waals surface area contributed by atoms with Gasteiger partial charge in [0.1, 0.15) is 0 Å². The molecule has 0 aliphatic heterocycles. The van der Waals surface area contributed by atoms with E-state index in [2.05, 4.69) is 31.0 Å². The van der Waals surface area contributed by atoms with Gasteiger partial charge in [-0.2, -0.15) is 10.3 Å². The molecule has 19 heavy (non-hydrogen) atoms. The summed E-state index contributed by atoms with van der Waals surface area (Å²) in [6.45, 7) is 0.726. The van der Waals surface area contributed by atoms with Crippen LogP contribution in [0.3, 0.4) is 0 Å². The van der Waals surface area contributed by atoms with Crippen molar-refractivity contribution < 1.29 is 0 Å². The van der Waals surface area contributed by atoms with Crippen molar-refractivity contribution in [3.05, 3.63) is 42.2 Å². The van der Waals surface area contributed by atoms with Crippen molar-refractivity contribution in [3.8, 4) is 11.4 Å². The number of aromatic amines is 1. The predicted octanol–water partition coefficient (Wildman–Crippen LogP) is 1.21. The van der Waals surface area contributed by atoms with Gasteiger partial charge in [-0.1, -0.05) is 12.1 Å². The first-order valence-corrected chi connectivity index (χ1v) is 5.86. The highest BCUT2D eigenvalue weighted by atomic mass is 15.5. The summed E-state index contributed by atoms with van der Waals surface area (Å²) in [4.78, 5) is 0. The van der Waals surface area contributed by atoms with Gasteiger partial charge < -0.3 is 5.32 Å². The van der Waals surface area contributed by atoms with Gasteiger partial charge in [0.2, 0.25) is 5.82 Å². The van der Waals surface area contributed by atoms with Crippen LogP contribution in [0.4, 0.5) is 5.69 Å². The SMILES string of the molecule is Cn1cc(CNc2cccc(-c3nn[nH]n3)c2)cn1. The molecule has 2 heterocycles. The Morgan fingerprint density at radius 3 is 3.05 bits per heavy atom. The number of nitrogens with zero attached hydrogens (tertiary/aromatic N) is 5. The summed E-state index contributed by atoms with van der Waals surface area (Å²) in [5, 5.41) is 21.4. The van der Waals surface area contributed by atoms with Gasteiger partial charge in [-0.3, -0.25) is 4.68 Å². The van der Waals surface area contributed by atoms with E-state index in [1.165, 1.54) is 0 Å². The van der Waals surface area contributed by atoms with Crippen molar-refractivity contribution in [2.45, 2.75) is 6.54 Å². The van der Waals surface area contributed by atoms with E-state index in [0.29, 0.717) is 5.82 Å². The van der Waals surface area contributed by atoms with Crippen molar-refractivity contribution in [1.29, 1.82) is 0 Å². The van der Waals surface area contributed by atoms with Crippen LogP contribution in [0.5, 0.6) is 0 Å². The zero-order valence-electron chi connectivity index (χ0n) is 10.4. The Bertz CT molecular complexity index is 656. The fourth-order valence-corrected chi connectivity index (χ4v) is 1.82. The summed E-state index contributed by atoms with van der Waals surface area (Å²) >= 11 is 0. The predicted molar refractivity (Wildman–Crippen MR) is 70.1 cm³/mol. The van der Waals surface area contributed by atoms with Crippen LogP contribution in [0.2, 0.25) is 0 Å². The molecule has 96 valence electrons. The molecule has 0 amide bonds. The molecule has 0 fully saturated rings. The first kappa shape index (κ1) is 11.4. The largest absolute Gasteiger partial charge is 0.381 e. The summed E-state index contributed by atoms with van der Waals surface area (Å²) in [6, 6.07) is 7.89. The quantitative estimate of drug-likeness (QED) is 0.732. The summed E-state index contributed by atoms with van der Waals surface area (Å²) < 4.78 is 1.78. The van der Waals surface area contributed by atoms with Crippen LogP contribution in [0, 0.1) is 0 Å². The minimum atomic E-state index is 0.588. The van der Waals surface area contributed by atoms with E-state index < -0.39 is 0 Å². The third-order valence-electron chi connectivity index (χ3n) is 2.72. The van der Waals surface area contributed by atoms with Crippen LogP contribution < -0.4 is 5.32 Å². The Labute approximate surface area is 109 Å². The maximum absolute atomic E-state index is 4.13. The fraction of sp³-hybridized carbons (Fsp3) is 0.167. The van der Waals surface area contributed by atoms with Gasteiger partial charge in [0.05, 0.1) is 6.20 Å². The van der Waals surface area contributed by atoms with Crippen molar-refractivity contribution in [1.82, 2.24) is 30.4 Å². The first-order valence-electron chi connectivity index (χ1n) is 5.86. The summed E-state index contributed by atoms with van der Waals surface area (Å²) in [7, 11) is 1.90. The molecule has 0 atom stereocenters. The number of rotatable bonds is 4. The lowest BCUT2D eigenvalue weighted by molar-refractivity contribution is 0.767. The van der Waals surface area contributed by atoms with Gasteiger partial charge in [0.15, 0.2) is 0 Å². The minimum Gasteiger partial charge on any atom is -0.381 e. The minimum absolute atomic E-state index is 0.588. The lowest BCUT2D eigenvalue weighted by atomic mass is 10.2. The second-order valence-corrected chi connectivity index (χ2v) is 4.19. The van der Waals surface area contributed by atoms with Gasteiger partial charge in [0, 0.05) is 36.6 Å². The zero-order valence-corrected chi connectivity index (χ0v) is 10.4. The number of tetrazole rings is 1. The number of H-pyrrole nitrogens is 1. The number of aromatic nitrogens is 6. The molecular weight excluding hydrogens is 242 g/mol. The van der Waals surface area contributed by atoms with Crippen LogP contribution in [-0.4, -0.2) is 30.4 Å². The van der Waals surface area contributed by atoms with Gasteiger partial charge in [-0.25, -0.2) is 0 Å². The molecule has 1 aromatic carbocycles. The standard InChI is InChI=1S/C12H13N7/c1-19-8-9(7-14-19)6-13-11-4-2-3-10(5-11)12-15-17-18-16-12/h2-5,7-8,13H,6H2,1H3,(H,15,16,17,18). The molecule has 0 spiro atoms. The number of aryl methyl sites for hydroxylation is 1. The second-order valence-electron chi connectivity index (χ2n) is 4.19. The Morgan fingerprint density at radius 1 is 1.37 bits per heavy atom. The summed E-state index contributed by atoms with van der Waals surface area (Å²) in [5.74, 6) is 0.588. The second kappa shape index (κ2) is 4.89. The van der Waals surface area contributed by atoms with Gasteiger partial charge in [-0.05, 0) is 17.3 Å². The van der Waals surface area contributed by atoms with Crippen LogP contribution in [-0.2, 0) is 13.6 Å². The van der Waals surface area contributed by atoms with Gasteiger partial charge in [-0.15, -0.1) is 10.2 Å². The number of hydrogen-bond acceptors (Lipinski definition) is 5. The topological polar surface area (TPSA) is 84.3 Å². The van der Waals surface area contributed by atoms with Crippen molar-refractivity contribution in [2.24, 2.45) is 7.05 Å². The van der Waals surface area contributed by atoms with Crippen LogP contribution in [0.1, 0.15) is 5.56 Å². The van der Waals surface area contributed by atoms with Crippen molar-refractivity contribution in [3.63, 3.8) is 0 Å². The number of anilines is 1. The Balaban J connectivity index is 1.73. The Hall–Kier alpha value is -2.70. The lowest BCUT2D eigenvalue weighted by Gasteiger charge is -2.05. The number of hydrogen-bond donors (Lipinski definition) is 2. The molecule has 2 aromatic heterocycles. The highest BCUT2D eigenvalue weighted by Crippen LogP contribution is 2.18. The number of nitrogens with one attached hydrogen (secondary N) is 2. The van der Waals surface area contributed by atoms with E-state index in [4.69, 9.17) is 0 Å². The average Bonchev–Trinajstić information content (AvgIpc) is 3.08. The Morgan fingerprint density at radius 2 is 2.32 bits per heavy atom. The first-order chi connectivity index (χ1) is 9.31. The molecule has 0 aliphatic rings. The van der Waals surface area contributed by atoms with E-state index >= 15 is 0 Å². The molecule has 2 N–H and O–H groups in total. The van der Waals surface area contributed by atoms with Crippen LogP contribution in [0.25, 0.3) is 11.4 Å². The maximum Gasteiger partial charge on any atom is 0.204 e. The molecule has 7 nitrogen and oxygen atoms in total. The molecule has 3 aromatic rings. The van der Waals surface area contributed by atoms with E-state index in [0.717, 1.165) is 23.4 Å². The summed E-state index contributed by atoms with van der Waals surface area (Å²) in [5.41, 5.74) is 3.06. The lowest BCUT2D eigenvalue weighted by Crippen LogP contribution is -1.98. The molecule has 3 rings (SSSR count). The third kappa shape index (κ3) is 2.59. The molecule has 0 bridgehead atoms. The van der Waals surface area contributed by atoms with Crippen molar-refractivity contribution in [2.75, 3.05) is 5.32 Å². The van der Waals surface area contributed by atoms with E-state index in [1.807, 2.05) is 43.7 Å².